The lowest BCUT2D eigenvalue weighted by Gasteiger charge is -2.39. The van der Waals surface area contributed by atoms with Gasteiger partial charge in [-0.2, -0.15) is 13.2 Å². The van der Waals surface area contributed by atoms with Gasteiger partial charge in [-0.3, -0.25) is 4.99 Å². The van der Waals surface area contributed by atoms with Gasteiger partial charge in [0.05, 0.1) is 18.9 Å². The quantitative estimate of drug-likeness (QED) is 0.646. The molecular weight excluding hydrogens is 311 g/mol. The Balaban J connectivity index is 1.99. The maximum Gasteiger partial charge on any atom is 0.416 e. The molecule has 0 spiro atoms. The summed E-state index contributed by atoms with van der Waals surface area (Å²) in [5.74, 6) is 0.796. The van der Waals surface area contributed by atoms with Gasteiger partial charge in [-0.25, -0.2) is 4.98 Å². The van der Waals surface area contributed by atoms with E-state index in [2.05, 4.69) is 22.2 Å². The van der Waals surface area contributed by atoms with E-state index in [-0.39, 0.29) is 6.04 Å². The van der Waals surface area contributed by atoms with Crippen molar-refractivity contribution in [1.29, 1.82) is 0 Å². The molecule has 0 saturated carbocycles. The Morgan fingerprint density at radius 3 is 2.83 bits per heavy atom. The first-order valence-corrected chi connectivity index (χ1v) is 7.50. The van der Waals surface area contributed by atoms with Crippen LogP contribution < -0.4 is 5.32 Å². The zero-order valence-corrected chi connectivity index (χ0v) is 13.2. The van der Waals surface area contributed by atoms with Gasteiger partial charge in [0, 0.05) is 32.5 Å². The number of alkyl halides is 3. The third-order valence-corrected chi connectivity index (χ3v) is 4.17. The lowest BCUT2D eigenvalue weighted by atomic mass is 9.93. The number of guanidine groups is 1. The van der Waals surface area contributed by atoms with Crippen LogP contribution in [0.3, 0.4) is 0 Å². The number of hydrogen-bond donors (Lipinski definition) is 2. The summed E-state index contributed by atoms with van der Waals surface area (Å²) in [5, 5.41) is 11.7. The number of halogens is 3. The second kappa shape index (κ2) is 7.20. The van der Waals surface area contributed by atoms with Crippen LogP contribution in [-0.4, -0.2) is 64.5 Å². The Morgan fingerprint density at radius 1 is 1.52 bits per heavy atom. The van der Waals surface area contributed by atoms with E-state index in [0.717, 1.165) is 6.42 Å². The Labute approximate surface area is 133 Å². The molecule has 2 rings (SSSR count). The molecule has 2 heterocycles. The Kier molecular flexibility index (Phi) is 5.51. The second-order valence-corrected chi connectivity index (χ2v) is 5.77. The molecule has 1 aliphatic heterocycles. The number of aliphatic imine (C=N–C) groups is 1. The highest BCUT2D eigenvalue weighted by molar-refractivity contribution is 5.80. The summed E-state index contributed by atoms with van der Waals surface area (Å²) in [6, 6.07) is 0.178. The van der Waals surface area contributed by atoms with E-state index >= 15 is 0 Å². The van der Waals surface area contributed by atoms with Crippen LogP contribution in [0.15, 0.2) is 23.7 Å². The monoisotopic (exact) mass is 333 g/mol. The molecule has 0 bridgehead atoms. The maximum atomic E-state index is 12.4. The average molecular weight is 333 g/mol. The van der Waals surface area contributed by atoms with Crippen LogP contribution in [0.1, 0.15) is 19.4 Å². The summed E-state index contributed by atoms with van der Waals surface area (Å²) in [6.45, 7) is 2.86. The van der Waals surface area contributed by atoms with Crippen LogP contribution in [0.25, 0.3) is 0 Å². The molecule has 2 N–H and O–H groups in total. The van der Waals surface area contributed by atoms with Crippen LogP contribution >= 0.6 is 0 Å². The number of hydrogen-bond acceptors (Lipinski definition) is 3. The first kappa shape index (κ1) is 17.6. The van der Waals surface area contributed by atoms with Crippen LogP contribution in [0.4, 0.5) is 13.2 Å². The molecule has 1 aromatic heterocycles. The van der Waals surface area contributed by atoms with Gasteiger partial charge in [0.15, 0.2) is 12.1 Å². The lowest BCUT2D eigenvalue weighted by Crippen LogP contribution is -2.51. The van der Waals surface area contributed by atoms with Crippen LogP contribution in [0.2, 0.25) is 0 Å². The van der Waals surface area contributed by atoms with E-state index in [4.69, 9.17) is 5.11 Å². The van der Waals surface area contributed by atoms with Crippen LogP contribution in [0, 0.1) is 5.92 Å². The Hall–Kier alpha value is -1.77. The molecule has 3 atom stereocenters. The fourth-order valence-corrected chi connectivity index (χ4v) is 2.73. The van der Waals surface area contributed by atoms with Crippen molar-refractivity contribution >= 4 is 5.96 Å². The van der Waals surface area contributed by atoms with Gasteiger partial charge in [0.25, 0.3) is 0 Å². The molecular formula is C14H22F3N5O. The van der Waals surface area contributed by atoms with Crippen molar-refractivity contribution in [3.05, 3.63) is 18.7 Å². The molecule has 1 aromatic rings. The standard InChI is InChI=1S/C14H22F3N5O/c1-10-3-5-21(8-11(10)22-6-4-19-9-22)13(18-2)20-7-12(23)14(15,16)17/h4,6,9-12,23H,3,5,7-8H2,1-2H3,(H,18,20). The number of nitrogens with zero attached hydrogens (tertiary/aromatic N) is 4. The summed E-state index contributed by atoms with van der Waals surface area (Å²) >= 11 is 0. The first-order valence-electron chi connectivity index (χ1n) is 7.50. The molecule has 1 fully saturated rings. The van der Waals surface area contributed by atoms with E-state index < -0.39 is 18.8 Å². The molecule has 0 radical (unpaired) electrons. The van der Waals surface area contributed by atoms with Gasteiger partial charge in [0.1, 0.15) is 0 Å². The topological polar surface area (TPSA) is 65.7 Å². The van der Waals surface area contributed by atoms with Gasteiger partial charge < -0.3 is 19.9 Å². The highest BCUT2D eigenvalue weighted by atomic mass is 19.4. The van der Waals surface area contributed by atoms with Gasteiger partial charge in [-0.1, -0.05) is 6.92 Å². The number of aromatic nitrogens is 2. The highest BCUT2D eigenvalue weighted by Crippen LogP contribution is 2.27. The number of imidazole rings is 1. The summed E-state index contributed by atoms with van der Waals surface area (Å²) in [7, 11) is 1.52. The van der Waals surface area contributed by atoms with E-state index in [1.807, 2.05) is 15.7 Å². The predicted octanol–water partition coefficient (Wildman–Crippen LogP) is 1.26. The van der Waals surface area contributed by atoms with E-state index in [0.29, 0.717) is 25.0 Å². The normalized spacial score (nSPS) is 24.6. The summed E-state index contributed by atoms with van der Waals surface area (Å²) < 4.78 is 39.2. The van der Waals surface area contributed by atoms with Crippen molar-refractivity contribution in [3.63, 3.8) is 0 Å². The lowest BCUT2D eigenvalue weighted by molar-refractivity contribution is -0.201. The van der Waals surface area contributed by atoms with Gasteiger partial charge in [-0.15, -0.1) is 0 Å². The third-order valence-electron chi connectivity index (χ3n) is 4.17. The Morgan fingerprint density at radius 2 is 2.26 bits per heavy atom. The molecule has 0 aliphatic carbocycles. The highest BCUT2D eigenvalue weighted by Gasteiger charge is 2.38. The van der Waals surface area contributed by atoms with Crippen LogP contribution in [-0.2, 0) is 0 Å². The molecule has 9 heteroatoms. The summed E-state index contributed by atoms with van der Waals surface area (Å²) in [6.07, 6.45) is -0.819. The van der Waals surface area contributed by atoms with Gasteiger partial charge in [-0.05, 0) is 12.3 Å². The number of likely N-dealkylation sites (tertiary alicyclic amines) is 1. The van der Waals surface area contributed by atoms with Crippen molar-refractivity contribution in [2.45, 2.75) is 31.7 Å². The number of aliphatic hydroxyl groups is 1. The molecule has 130 valence electrons. The minimum absolute atomic E-state index is 0.178. The van der Waals surface area contributed by atoms with Crippen molar-refractivity contribution in [2.75, 3.05) is 26.7 Å². The molecule has 0 aromatic carbocycles. The number of aliphatic hydroxyl groups excluding tert-OH is 1. The predicted molar refractivity (Wildman–Crippen MR) is 80.0 cm³/mol. The molecule has 0 amide bonds. The molecule has 3 unspecified atom stereocenters. The summed E-state index contributed by atoms with van der Waals surface area (Å²) in [4.78, 5) is 9.99. The summed E-state index contributed by atoms with van der Waals surface area (Å²) in [5.41, 5.74) is 0. The average Bonchev–Trinajstić information content (AvgIpc) is 3.02. The number of nitrogens with one attached hydrogen (secondary N) is 1. The molecule has 23 heavy (non-hydrogen) atoms. The zero-order valence-electron chi connectivity index (χ0n) is 13.2. The van der Waals surface area contributed by atoms with Crippen LogP contribution in [0.5, 0.6) is 0 Å². The van der Waals surface area contributed by atoms with Crippen molar-refractivity contribution in [2.24, 2.45) is 10.9 Å². The second-order valence-electron chi connectivity index (χ2n) is 5.77. The largest absolute Gasteiger partial charge is 0.416 e. The fourth-order valence-electron chi connectivity index (χ4n) is 2.73. The Bertz CT molecular complexity index is 517. The number of piperidine rings is 1. The zero-order chi connectivity index (χ0) is 17.0. The third kappa shape index (κ3) is 4.37. The van der Waals surface area contributed by atoms with Crippen molar-refractivity contribution in [1.82, 2.24) is 19.8 Å². The fraction of sp³-hybridized carbons (Fsp3) is 0.714. The first-order chi connectivity index (χ1) is 10.8. The van der Waals surface area contributed by atoms with E-state index in [1.54, 1.807) is 12.5 Å². The SMILES string of the molecule is CN=C(NCC(O)C(F)(F)F)N1CCC(C)C(n2ccnc2)C1. The molecule has 6 nitrogen and oxygen atoms in total. The molecule has 1 aliphatic rings. The van der Waals surface area contributed by atoms with Gasteiger partial charge >= 0.3 is 6.18 Å². The number of rotatable bonds is 3. The van der Waals surface area contributed by atoms with Crippen molar-refractivity contribution in [3.8, 4) is 0 Å². The van der Waals surface area contributed by atoms with E-state index in [1.165, 1.54) is 7.05 Å². The van der Waals surface area contributed by atoms with Gasteiger partial charge in [0.2, 0.25) is 0 Å². The van der Waals surface area contributed by atoms with E-state index in [9.17, 15) is 13.2 Å². The minimum atomic E-state index is -4.64. The van der Waals surface area contributed by atoms with Crippen molar-refractivity contribution < 1.29 is 18.3 Å². The maximum absolute atomic E-state index is 12.4. The minimum Gasteiger partial charge on any atom is -0.382 e. The smallest absolute Gasteiger partial charge is 0.382 e. The molecule has 1 saturated heterocycles.